The van der Waals surface area contributed by atoms with Crippen molar-refractivity contribution in [3.63, 3.8) is 0 Å². The lowest BCUT2D eigenvalue weighted by Crippen LogP contribution is -2.12. The Morgan fingerprint density at radius 3 is 0.700 bits per heavy atom. The molecule has 0 spiro atoms. The van der Waals surface area contributed by atoms with E-state index < -0.39 is 0 Å². The molecule has 1 aliphatic rings. The first-order valence-corrected chi connectivity index (χ1v) is 24.1. The minimum atomic E-state index is 1.11. The van der Waals surface area contributed by atoms with Crippen LogP contribution >= 0.6 is 0 Å². The number of hydrogen-bond donors (Lipinski definition) is 0. The molecule has 0 unspecified atom stereocenters. The second-order valence-electron chi connectivity index (χ2n) is 18.1. The van der Waals surface area contributed by atoms with Gasteiger partial charge in [0.2, 0.25) is 0 Å². The molecule has 0 amide bonds. The minimum Gasteiger partial charge on any atom is -0.309 e. The molecule has 0 aromatic heterocycles. The molecule has 0 atom stereocenters. The lowest BCUT2D eigenvalue weighted by molar-refractivity contribution is 1.29. The van der Waals surface area contributed by atoms with Crippen LogP contribution in [0.15, 0.2) is 279 Å². The molecule has 0 aliphatic heterocycles. The predicted octanol–water partition coefficient (Wildman–Crippen LogP) is 19.2. The van der Waals surface area contributed by atoms with Crippen molar-refractivity contribution in [3.05, 3.63) is 279 Å². The lowest BCUT2D eigenvalue weighted by atomic mass is 9.78. The van der Waals surface area contributed by atoms with Crippen LogP contribution in [0.3, 0.4) is 0 Å². The predicted molar refractivity (Wildman–Crippen MR) is 297 cm³/mol. The number of nitrogens with zero attached hydrogens (tertiary/aromatic N) is 2. The van der Waals surface area contributed by atoms with E-state index in [-0.39, 0.29) is 0 Å². The molecule has 2 heteroatoms. The molecule has 328 valence electrons. The molecular weight excluding hydrogens is 845 g/mol. The molecule has 0 fully saturated rings. The fourth-order valence-electron chi connectivity index (χ4n) is 10.6. The zero-order valence-corrected chi connectivity index (χ0v) is 38.5. The smallest absolute Gasteiger partial charge is 0.0540 e. The quantitative estimate of drug-likeness (QED) is 0.135. The fourth-order valence-corrected chi connectivity index (χ4v) is 10.6. The molecular formula is C68H46N2. The summed E-state index contributed by atoms with van der Waals surface area (Å²) < 4.78 is 0. The highest BCUT2D eigenvalue weighted by Gasteiger charge is 2.27. The third-order valence-corrected chi connectivity index (χ3v) is 13.9. The summed E-state index contributed by atoms with van der Waals surface area (Å²) >= 11 is 0. The molecule has 0 bridgehead atoms. The molecule has 0 heterocycles. The summed E-state index contributed by atoms with van der Waals surface area (Å²) in [6.45, 7) is 0. The maximum absolute atomic E-state index is 2.45. The van der Waals surface area contributed by atoms with Crippen LogP contribution in [0.5, 0.6) is 0 Å². The second-order valence-corrected chi connectivity index (χ2v) is 18.1. The zero-order chi connectivity index (χ0) is 46.4. The Morgan fingerprint density at radius 1 is 0.171 bits per heavy atom. The maximum Gasteiger partial charge on any atom is 0.0540 e. The van der Waals surface area contributed by atoms with Crippen molar-refractivity contribution in [2.75, 3.05) is 9.80 Å². The Hall–Kier alpha value is -9.24. The van der Waals surface area contributed by atoms with Gasteiger partial charge < -0.3 is 9.80 Å². The zero-order valence-electron chi connectivity index (χ0n) is 38.5. The van der Waals surface area contributed by atoms with Gasteiger partial charge in [0.25, 0.3) is 0 Å². The van der Waals surface area contributed by atoms with Crippen LogP contribution in [-0.2, 0) is 0 Å². The standard InChI is InChI=1S/C68H46N2/c1-5-21-47(22-6-1)57-29-13-17-33-65(57)69(66-34-18-14-30-58(66)48-23-7-2-8-24-48)55-39-37-51-43-61-63(45-53(51)41-55)62-44-52-38-40-56(42-54(52)46-64(61)62)70(67-35-19-15-31-59(67)49-25-9-3-10-26-49)68-36-20-16-32-60(68)50-27-11-4-12-28-50/h1-46H. The van der Waals surface area contributed by atoms with Crippen molar-refractivity contribution >= 4 is 55.7 Å². The van der Waals surface area contributed by atoms with Gasteiger partial charge in [0.15, 0.2) is 0 Å². The van der Waals surface area contributed by atoms with Gasteiger partial charge >= 0.3 is 0 Å². The minimum absolute atomic E-state index is 1.11. The van der Waals surface area contributed by atoms with Crippen molar-refractivity contribution < 1.29 is 0 Å². The van der Waals surface area contributed by atoms with E-state index in [1.165, 1.54) is 88.3 Å². The van der Waals surface area contributed by atoms with Crippen molar-refractivity contribution in [2.24, 2.45) is 0 Å². The maximum atomic E-state index is 2.45. The Morgan fingerprint density at radius 2 is 0.414 bits per heavy atom. The van der Waals surface area contributed by atoms with Gasteiger partial charge in [-0.2, -0.15) is 0 Å². The summed E-state index contributed by atoms with van der Waals surface area (Å²) in [5.41, 5.74) is 21.3. The first kappa shape index (κ1) is 41.0. The van der Waals surface area contributed by atoms with Crippen LogP contribution in [0.2, 0.25) is 0 Å². The highest BCUT2D eigenvalue weighted by atomic mass is 15.2. The molecule has 0 N–H and O–H groups in total. The van der Waals surface area contributed by atoms with E-state index >= 15 is 0 Å². The Kier molecular flexibility index (Phi) is 10.2. The van der Waals surface area contributed by atoms with Gasteiger partial charge in [-0.25, -0.2) is 0 Å². The van der Waals surface area contributed by atoms with Gasteiger partial charge in [-0.15, -0.1) is 0 Å². The van der Waals surface area contributed by atoms with Crippen molar-refractivity contribution in [3.8, 4) is 66.8 Å². The molecule has 0 saturated carbocycles. The van der Waals surface area contributed by atoms with Gasteiger partial charge in [0, 0.05) is 33.6 Å². The molecule has 12 aromatic rings. The van der Waals surface area contributed by atoms with Crippen molar-refractivity contribution in [1.82, 2.24) is 0 Å². The largest absolute Gasteiger partial charge is 0.309 e. The number of hydrogen-bond acceptors (Lipinski definition) is 2. The first-order valence-electron chi connectivity index (χ1n) is 24.1. The Balaban J connectivity index is 0.927. The highest BCUT2D eigenvalue weighted by Crippen LogP contribution is 2.53. The van der Waals surface area contributed by atoms with E-state index in [2.05, 4.69) is 289 Å². The van der Waals surface area contributed by atoms with Crippen LogP contribution in [0.1, 0.15) is 0 Å². The van der Waals surface area contributed by atoms with Crippen LogP contribution in [0.25, 0.3) is 88.3 Å². The average Bonchev–Trinajstić information content (AvgIpc) is 3.44. The van der Waals surface area contributed by atoms with Crippen LogP contribution in [-0.4, -0.2) is 0 Å². The van der Waals surface area contributed by atoms with Crippen LogP contribution < -0.4 is 9.80 Å². The molecule has 2 nitrogen and oxygen atoms in total. The number of para-hydroxylation sites is 4. The second kappa shape index (κ2) is 17.4. The fraction of sp³-hybridized carbons (Fsp3) is 0. The number of fused-ring (bicyclic) bond motifs is 6. The van der Waals surface area contributed by atoms with E-state index in [4.69, 9.17) is 0 Å². The van der Waals surface area contributed by atoms with Gasteiger partial charge in [-0.1, -0.05) is 206 Å². The van der Waals surface area contributed by atoms with Crippen molar-refractivity contribution in [2.45, 2.75) is 0 Å². The normalized spacial score (nSPS) is 11.4. The lowest BCUT2D eigenvalue weighted by Gasteiger charge is -2.31. The van der Waals surface area contributed by atoms with E-state index in [0.717, 1.165) is 34.1 Å². The van der Waals surface area contributed by atoms with Gasteiger partial charge in [0.05, 0.1) is 22.7 Å². The van der Waals surface area contributed by atoms with Gasteiger partial charge in [-0.3, -0.25) is 0 Å². The molecule has 1 aliphatic carbocycles. The molecule has 0 saturated heterocycles. The third-order valence-electron chi connectivity index (χ3n) is 13.9. The summed E-state index contributed by atoms with van der Waals surface area (Å²) in [7, 11) is 0. The molecule has 70 heavy (non-hydrogen) atoms. The van der Waals surface area contributed by atoms with Gasteiger partial charge in [-0.05, 0) is 139 Å². The summed E-state index contributed by atoms with van der Waals surface area (Å²) in [6, 6.07) is 102. The van der Waals surface area contributed by atoms with E-state index in [1.807, 2.05) is 0 Å². The highest BCUT2D eigenvalue weighted by molar-refractivity contribution is 6.13. The molecule has 12 aromatic carbocycles. The summed E-state index contributed by atoms with van der Waals surface area (Å²) in [5, 5.41) is 4.86. The third kappa shape index (κ3) is 7.22. The molecule has 13 rings (SSSR count). The van der Waals surface area contributed by atoms with E-state index in [9.17, 15) is 0 Å². The van der Waals surface area contributed by atoms with Crippen LogP contribution in [0.4, 0.5) is 34.1 Å². The van der Waals surface area contributed by atoms with Crippen LogP contribution in [0, 0.1) is 0 Å². The Labute approximate surface area is 409 Å². The first-order chi connectivity index (χ1) is 34.7. The average molecular weight is 891 g/mol. The SMILES string of the molecule is c1ccc(-c2ccccc2N(c2ccc3cc4c(cc3c2)-c2cc3ccc(N(c5ccccc5-c5ccccc5)c5ccccc5-c5ccccc5)cc3cc2-4)c2ccccc2-c2ccccc2)cc1. The monoisotopic (exact) mass is 890 g/mol. The van der Waals surface area contributed by atoms with Gasteiger partial charge in [0.1, 0.15) is 0 Å². The Bertz CT molecular complexity index is 3440. The van der Waals surface area contributed by atoms with Crippen molar-refractivity contribution in [1.29, 1.82) is 0 Å². The number of benzene rings is 12. The molecule has 0 radical (unpaired) electrons. The van der Waals surface area contributed by atoms with E-state index in [0.29, 0.717) is 0 Å². The van der Waals surface area contributed by atoms with E-state index in [1.54, 1.807) is 0 Å². The summed E-state index contributed by atoms with van der Waals surface area (Å²) in [4.78, 5) is 4.89. The number of anilines is 6. The summed E-state index contributed by atoms with van der Waals surface area (Å²) in [6.07, 6.45) is 0. The number of rotatable bonds is 10. The summed E-state index contributed by atoms with van der Waals surface area (Å²) in [5.74, 6) is 0. The topological polar surface area (TPSA) is 6.48 Å².